The Morgan fingerprint density at radius 3 is 2.68 bits per heavy atom. The Bertz CT molecular complexity index is 1700. The van der Waals surface area contributed by atoms with Crippen LogP contribution in [0.2, 0.25) is 0 Å². The van der Waals surface area contributed by atoms with Crippen molar-refractivity contribution in [3.05, 3.63) is 57.4 Å². The summed E-state index contributed by atoms with van der Waals surface area (Å²) in [5.74, 6) is -0.0356. The number of fused-ring (bicyclic) bond motifs is 3. The predicted octanol–water partition coefficient (Wildman–Crippen LogP) is 5.91. The molecular formula is C35H45FN6O4S. The summed E-state index contributed by atoms with van der Waals surface area (Å²) in [6, 6.07) is 4.13. The number of carbonyl (C=O) groups excluding carboxylic acids is 1. The SMILES string of the molecule is CCCC.CCCC(NC1=C2C3=C(COC3)C(c3ccc(F)c4sc(N)c(C#N)c34)=C(O)C2N=C(OCC2CCCN2C)N1)C(C)=O. The molecule has 3 atom stereocenters. The number of nitrogens with one attached hydrogen (secondary N) is 2. The van der Waals surface area contributed by atoms with Gasteiger partial charge in [0.05, 0.1) is 29.5 Å². The van der Waals surface area contributed by atoms with E-state index in [1.165, 1.54) is 18.9 Å². The third-order valence-electron chi connectivity index (χ3n) is 9.19. The summed E-state index contributed by atoms with van der Waals surface area (Å²) in [5, 5.41) is 29.2. The van der Waals surface area contributed by atoms with Crippen LogP contribution in [0.15, 0.2) is 45.4 Å². The Labute approximate surface area is 279 Å². The maximum Gasteiger partial charge on any atom is 0.291 e. The van der Waals surface area contributed by atoms with Crippen LogP contribution in [0.4, 0.5) is 9.39 Å². The van der Waals surface area contributed by atoms with Crippen LogP contribution in [0, 0.1) is 17.1 Å². The zero-order valence-corrected chi connectivity index (χ0v) is 28.7. The fourth-order valence-corrected chi connectivity index (χ4v) is 7.37. The van der Waals surface area contributed by atoms with Crippen LogP contribution < -0.4 is 16.4 Å². The first-order valence-corrected chi connectivity index (χ1v) is 17.3. The van der Waals surface area contributed by atoms with Crippen molar-refractivity contribution in [2.45, 2.75) is 84.3 Å². The highest BCUT2D eigenvalue weighted by atomic mass is 32.1. The normalized spacial score (nSPS) is 21.4. The maximum atomic E-state index is 14.9. The average Bonchev–Trinajstić information content (AvgIpc) is 3.79. The number of likely N-dealkylation sites (tertiary alicyclic amines) is 1. The molecule has 10 nitrogen and oxygen atoms in total. The molecule has 0 radical (unpaired) electrons. The Kier molecular flexibility index (Phi) is 10.9. The van der Waals surface area contributed by atoms with Crippen LogP contribution in [0.1, 0.15) is 77.3 Å². The molecule has 4 aliphatic rings. The van der Waals surface area contributed by atoms with Gasteiger partial charge >= 0.3 is 0 Å². The predicted molar refractivity (Wildman–Crippen MR) is 184 cm³/mol. The lowest BCUT2D eigenvalue weighted by molar-refractivity contribution is -0.119. The summed E-state index contributed by atoms with van der Waals surface area (Å²) in [4.78, 5) is 19.7. The first kappa shape index (κ1) is 34.4. The van der Waals surface area contributed by atoms with Crippen molar-refractivity contribution in [1.29, 1.82) is 5.26 Å². The van der Waals surface area contributed by atoms with Crippen molar-refractivity contribution >= 4 is 43.8 Å². The number of ketones is 1. The molecule has 0 spiro atoms. The highest BCUT2D eigenvalue weighted by molar-refractivity contribution is 7.23. The summed E-state index contributed by atoms with van der Waals surface area (Å²) in [6.45, 7) is 9.80. The van der Waals surface area contributed by atoms with E-state index in [-0.39, 0.29) is 52.1 Å². The fourth-order valence-electron chi connectivity index (χ4n) is 6.42. The van der Waals surface area contributed by atoms with Crippen molar-refractivity contribution in [2.24, 2.45) is 4.99 Å². The standard InChI is InChI=1S/C31H35FN6O4S.C4H10/c1-4-6-22(15(2)39)35-30-25-20-14-41-13-19(20)23(17-8-9-21(32)28-24(17)18(11-33)29(34)43-28)27(40)26(25)36-31(37-30)42-12-16-7-5-10-38(16)3;1-3-4-2/h8-9,16,22,26,35,40H,4-7,10,12-14,34H2,1-3H3,(H,36,37);3-4H2,1-2H3. The number of nitrogens with two attached hydrogens (primary N) is 1. The topological polar surface area (TPSA) is 145 Å². The lowest BCUT2D eigenvalue weighted by Crippen LogP contribution is -2.47. The molecule has 4 heterocycles. The number of amidine groups is 1. The molecule has 6 rings (SSSR count). The summed E-state index contributed by atoms with van der Waals surface area (Å²) >= 11 is 1.01. The van der Waals surface area contributed by atoms with E-state index in [2.05, 4.69) is 42.5 Å². The van der Waals surface area contributed by atoms with Crippen LogP contribution in [0.3, 0.4) is 0 Å². The minimum Gasteiger partial charge on any atom is -0.509 e. The number of aliphatic imine (C=N–C) groups is 1. The van der Waals surface area contributed by atoms with Gasteiger partial charge in [-0.15, -0.1) is 11.3 Å². The molecule has 47 heavy (non-hydrogen) atoms. The Morgan fingerprint density at radius 2 is 2.04 bits per heavy atom. The quantitative estimate of drug-likeness (QED) is 0.257. The molecule has 252 valence electrons. The maximum absolute atomic E-state index is 14.9. The molecule has 2 aromatic rings. The van der Waals surface area contributed by atoms with Crippen LogP contribution in [0.5, 0.6) is 0 Å². The molecule has 1 aliphatic carbocycles. The first-order valence-electron chi connectivity index (χ1n) is 16.5. The Balaban J connectivity index is 0.00000103. The number of anilines is 1. The zero-order valence-electron chi connectivity index (χ0n) is 27.8. The van der Waals surface area contributed by atoms with Crippen LogP contribution >= 0.6 is 11.3 Å². The van der Waals surface area contributed by atoms with Gasteiger partial charge < -0.3 is 30.5 Å². The highest BCUT2D eigenvalue weighted by Crippen LogP contribution is 2.48. The number of ether oxygens (including phenoxy) is 2. The minimum atomic E-state index is -0.883. The van der Waals surface area contributed by atoms with Crippen LogP contribution in [-0.4, -0.2) is 73.3 Å². The molecule has 0 amide bonds. The van der Waals surface area contributed by atoms with E-state index < -0.39 is 17.9 Å². The molecule has 1 aromatic heterocycles. The van der Waals surface area contributed by atoms with Gasteiger partial charge in [0.25, 0.3) is 6.02 Å². The number of nitrogen functional groups attached to an aromatic ring is 1. The highest BCUT2D eigenvalue weighted by Gasteiger charge is 2.42. The molecular weight excluding hydrogens is 619 g/mol. The number of unbranched alkanes of at least 4 members (excludes halogenated alkanes) is 1. The third-order valence-corrected chi connectivity index (χ3v) is 10.2. The number of nitrogens with zero attached hydrogens (tertiary/aromatic N) is 3. The van der Waals surface area contributed by atoms with Gasteiger partial charge in [0.1, 0.15) is 41.1 Å². The van der Waals surface area contributed by atoms with Crippen molar-refractivity contribution in [3.63, 3.8) is 0 Å². The summed E-state index contributed by atoms with van der Waals surface area (Å²) in [5.41, 5.74) is 9.42. The number of benzene rings is 1. The van der Waals surface area contributed by atoms with Gasteiger partial charge in [0.2, 0.25) is 0 Å². The van der Waals surface area contributed by atoms with Crippen LogP contribution in [0.25, 0.3) is 15.7 Å². The number of thiophene rings is 1. The van der Waals surface area contributed by atoms with E-state index in [4.69, 9.17) is 20.2 Å². The molecule has 3 aliphatic heterocycles. The number of hydrogen-bond acceptors (Lipinski definition) is 11. The van der Waals surface area contributed by atoms with Gasteiger partial charge in [-0.1, -0.05) is 46.1 Å². The molecule has 12 heteroatoms. The number of halogens is 1. The number of rotatable bonds is 9. The zero-order chi connectivity index (χ0) is 33.8. The Hall–Kier alpha value is -3.92. The number of likely N-dealkylation sites (N-methyl/N-ethyl adjacent to an activating group) is 1. The number of carbonyl (C=O) groups is 1. The molecule has 5 N–H and O–H groups in total. The van der Waals surface area contributed by atoms with E-state index in [1.54, 1.807) is 13.0 Å². The molecule has 3 unspecified atom stereocenters. The summed E-state index contributed by atoms with van der Waals surface area (Å²) in [6.07, 6.45) is 6.16. The first-order chi connectivity index (χ1) is 22.6. The molecule has 0 bridgehead atoms. The smallest absolute Gasteiger partial charge is 0.291 e. The number of aliphatic hydroxyl groups is 1. The lowest BCUT2D eigenvalue weighted by Gasteiger charge is -2.34. The van der Waals surface area contributed by atoms with Gasteiger partial charge in [-0.2, -0.15) is 5.26 Å². The van der Waals surface area contributed by atoms with Gasteiger partial charge in [0, 0.05) is 22.6 Å². The van der Waals surface area contributed by atoms with Crippen molar-refractivity contribution in [2.75, 3.05) is 39.1 Å². The van der Waals surface area contributed by atoms with Gasteiger partial charge in [-0.3, -0.25) is 10.1 Å². The molecule has 1 aromatic carbocycles. The van der Waals surface area contributed by atoms with Crippen molar-refractivity contribution in [1.82, 2.24) is 15.5 Å². The van der Waals surface area contributed by atoms with Crippen LogP contribution in [-0.2, 0) is 14.3 Å². The average molecular weight is 665 g/mol. The molecule has 0 saturated carbocycles. The minimum absolute atomic E-state index is 0.00761. The van der Waals surface area contributed by atoms with Crippen molar-refractivity contribution < 1.29 is 23.8 Å². The van der Waals surface area contributed by atoms with E-state index in [0.717, 1.165) is 42.7 Å². The number of nitriles is 1. The van der Waals surface area contributed by atoms with Crippen molar-refractivity contribution in [3.8, 4) is 6.07 Å². The van der Waals surface area contributed by atoms with Gasteiger partial charge in [0.15, 0.2) is 5.78 Å². The number of aliphatic hydroxyl groups excluding tert-OH is 1. The molecule has 1 saturated heterocycles. The van der Waals surface area contributed by atoms with Gasteiger partial charge in [-0.05, 0) is 62.6 Å². The second-order valence-corrected chi connectivity index (χ2v) is 13.4. The third kappa shape index (κ3) is 6.75. The second kappa shape index (κ2) is 14.9. The number of Topliss-reactive ketones (excluding diaryl/α,β-unsaturated/α-hetero) is 1. The second-order valence-electron chi connectivity index (χ2n) is 12.4. The Morgan fingerprint density at radius 1 is 1.30 bits per heavy atom. The van der Waals surface area contributed by atoms with E-state index in [1.807, 2.05) is 6.92 Å². The van der Waals surface area contributed by atoms with E-state index >= 15 is 0 Å². The summed E-state index contributed by atoms with van der Waals surface area (Å²) < 4.78 is 27.3. The monoisotopic (exact) mass is 664 g/mol. The fraction of sp³-hybridized carbons (Fsp3) is 0.514. The number of hydrogen-bond donors (Lipinski definition) is 4. The molecule has 1 fully saturated rings. The summed E-state index contributed by atoms with van der Waals surface area (Å²) in [7, 11) is 2.07. The van der Waals surface area contributed by atoms with Gasteiger partial charge in [-0.25, -0.2) is 9.38 Å². The lowest BCUT2D eigenvalue weighted by atomic mass is 9.80. The van der Waals surface area contributed by atoms with E-state index in [9.17, 15) is 19.6 Å². The van der Waals surface area contributed by atoms with E-state index in [0.29, 0.717) is 46.5 Å². The largest absolute Gasteiger partial charge is 0.509 e.